The maximum atomic E-state index is 10.6. The van der Waals surface area contributed by atoms with Gasteiger partial charge in [0, 0.05) is 6.42 Å². The standard InChI is InChI=1S/C28H46O3/c1-19(9-7-15-26(3,4)30)24-13-14-25-21(10-8-16-27(24,25)5)11-12-22-17-23(29)18-28(6,31)20(22)2/h11-12,19,23-25,29-31H,2,7-10,13-18H2,1,3-6H3/b21-11+,22-12+/t19-,23-,24-,25+,27-,28-/m1/s1. The average molecular weight is 431 g/mol. The molecule has 3 saturated carbocycles. The summed E-state index contributed by atoms with van der Waals surface area (Å²) in [6.45, 7) is 14.7. The van der Waals surface area contributed by atoms with E-state index < -0.39 is 17.3 Å². The molecule has 31 heavy (non-hydrogen) atoms. The molecule has 0 aromatic carbocycles. The van der Waals surface area contributed by atoms with Gasteiger partial charge < -0.3 is 15.3 Å². The Balaban J connectivity index is 1.72. The van der Waals surface area contributed by atoms with E-state index in [0.717, 1.165) is 36.3 Å². The maximum Gasteiger partial charge on any atom is 0.0890 e. The first kappa shape index (κ1) is 24.7. The number of allylic oxidation sites excluding steroid dienone is 3. The fourth-order valence-electron chi connectivity index (χ4n) is 7.03. The van der Waals surface area contributed by atoms with E-state index in [2.05, 4.69) is 32.6 Å². The van der Waals surface area contributed by atoms with Crippen LogP contribution < -0.4 is 0 Å². The Bertz CT molecular complexity index is 723. The summed E-state index contributed by atoms with van der Waals surface area (Å²) in [5.41, 5.74) is 2.11. The van der Waals surface area contributed by atoms with Crippen LogP contribution in [0.5, 0.6) is 0 Å². The summed E-state index contributed by atoms with van der Waals surface area (Å²) in [5, 5.41) is 30.8. The highest BCUT2D eigenvalue weighted by Gasteiger charge is 2.50. The molecule has 0 heterocycles. The third kappa shape index (κ3) is 5.54. The Morgan fingerprint density at radius 2 is 1.94 bits per heavy atom. The second kappa shape index (κ2) is 9.15. The molecule has 3 fully saturated rings. The van der Waals surface area contributed by atoms with Crippen molar-refractivity contribution in [2.75, 3.05) is 0 Å². The number of rotatable bonds is 6. The zero-order valence-corrected chi connectivity index (χ0v) is 20.6. The molecule has 0 bridgehead atoms. The van der Waals surface area contributed by atoms with Gasteiger partial charge in [0.2, 0.25) is 0 Å². The van der Waals surface area contributed by atoms with E-state index in [-0.39, 0.29) is 0 Å². The lowest BCUT2D eigenvalue weighted by molar-refractivity contribution is 0.0204. The van der Waals surface area contributed by atoms with Crippen LogP contribution in [-0.2, 0) is 0 Å². The zero-order chi connectivity index (χ0) is 23.0. The molecule has 0 radical (unpaired) electrons. The molecule has 0 spiro atoms. The highest BCUT2D eigenvalue weighted by molar-refractivity contribution is 5.41. The smallest absolute Gasteiger partial charge is 0.0890 e. The first-order valence-corrected chi connectivity index (χ1v) is 12.6. The first-order valence-electron chi connectivity index (χ1n) is 12.6. The lowest BCUT2D eigenvalue weighted by Crippen LogP contribution is -2.37. The van der Waals surface area contributed by atoms with Crippen LogP contribution in [0.15, 0.2) is 35.5 Å². The largest absolute Gasteiger partial charge is 0.393 e. The molecule has 0 amide bonds. The van der Waals surface area contributed by atoms with E-state index in [1.807, 2.05) is 13.8 Å². The molecule has 0 unspecified atom stereocenters. The van der Waals surface area contributed by atoms with E-state index in [9.17, 15) is 15.3 Å². The second-order valence-corrected chi connectivity index (χ2v) is 12.0. The van der Waals surface area contributed by atoms with Gasteiger partial charge in [-0.25, -0.2) is 0 Å². The van der Waals surface area contributed by atoms with E-state index in [1.54, 1.807) is 12.5 Å². The highest BCUT2D eigenvalue weighted by Crippen LogP contribution is 2.60. The molecule has 3 heteroatoms. The monoisotopic (exact) mass is 430 g/mol. The molecule has 0 aromatic heterocycles. The van der Waals surface area contributed by atoms with Crippen molar-refractivity contribution in [2.24, 2.45) is 23.2 Å². The van der Waals surface area contributed by atoms with Crippen LogP contribution in [0.4, 0.5) is 0 Å². The molecule has 3 N–H and O–H groups in total. The van der Waals surface area contributed by atoms with Crippen LogP contribution in [0.2, 0.25) is 0 Å². The molecule has 3 rings (SSSR count). The number of hydrogen-bond donors (Lipinski definition) is 3. The lowest BCUT2D eigenvalue weighted by Gasteiger charge is -2.44. The van der Waals surface area contributed by atoms with Crippen LogP contribution >= 0.6 is 0 Å². The SMILES string of the molecule is C=C1/C(=C/C=C2\CCC[C@]3(C)[C@@H]([C@H](C)CCCC(C)(C)O)CC[C@@H]23)C[C@@H](O)C[C@@]1(C)O. The topological polar surface area (TPSA) is 60.7 Å². The van der Waals surface area contributed by atoms with Gasteiger partial charge in [-0.2, -0.15) is 0 Å². The van der Waals surface area contributed by atoms with Crippen LogP contribution in [0.3, 0.4) is 0 Å². The molecule has 3 aliphatic rings. The molecule has 176 valence electrons. The molecule has 0 aliphatic heterocycles. The van der Waals surface area contributed by atoms with Gasteiger partial charge in [0.1, 0.15) is 0 Å². The van der Waals surface area contributed by atoms with Crippen molar-refractivity contribution in [1.82, 2.24) is 0 Å². The Morgan fingerprint density at radius 3 is 2.61 bits per heavy atom. The van der Waals surface area contributed by atoms with Crippen molar-refractivity contribution in [3.63, 3.8) is 0 Å². The maximum absolute atomic E-state index is 10.6. The van der Waals surface area contributed by atoms with Crippen molar-refractivity contribution in [3.05, 3.63) is 35.5 Å². The summed E-state index contributed by atoms with van der Waals surface area (Å²) in [7, 11) is 0. The van der Waals surface area contributed by atoms with Crippen molar-refractivity contribution >= 4 is 0 Å². The molecule has 0 saturated heterocycles. The van der Waals surface area contributed by atoms with Crippen LogP contribution in [0.25, 0.3) is 0 Å². The van der Waals surface area contributed by atoms with Gasteiger partial charge in [-0.1, -0.05) is 51.0 Å². The van der Waals surface area contributed by atoms with Crippen LogP contribution in [0, 0.1) is 23.2 Å². The fraction of sp³-hybridized carbons (Fsp3) is 0.786. The van der Waals surface area contributed by atoms with Crippen molar-refractivity contribution in [2.45, 2.75) is 116 Å². The second-order valence-electron chi connectivity index (χ2n) is 12.0. The van der Waals surface area contributed by atoms with Gasteiger partial charge in [0.25, 0.3) is 0 Å². The summed E-state index contributed by atoms with van der Waals surface area (Å²) in [5.74, 6) is 2.09. The minimum atomic E-state index is -1.01. The molecule has 0 aromatic rings. The van der Waals surface area contributed by atoms with Crippen molar-refractivity contribution in [3.8, 4) is 0 Å². The molecule has 6 atom stereocenters. The van der Waals surface area contributed by atoms with E-state index in [0.29, 0.717) is 30.1 Å². The third-order valence-corrected chi connectivity index (χ3v) is 8.80. The van der Waals surface area contributed by atoms with E-state index in [4.69, 9.17) is 0 Å². The Hall–Kier alpha value is -0.900. The van der Waals surface area contributed by atoms with Crippen molar-refractivity contribution in [1.29, 1.82) is 0 Å². The summed E-state index contributed by atoms with van der Waals surface area (Å²) in [4.78, 5) is 0. The van der Waals surface area contributed by atoms with Gasteiger partial charge in [-0.3, -0.25) is 0 Å². The lowest BCUT2D eigenvalue weighted by atomic mass is 9.60. The number of aliphatic hydroxyl groups is 3. The Kier molecular flexibility index (Phi) is 7.30. The quantitative estimate of drug-likeness (QED) is 0.477. The molecular formula is C28H46O3. The van der Waals surface area contributed by atoms with Crippen LogP contribution in [-0.4, -0.2) is 32.6 Å². The van der Waals surface area contributed by atoms with Gasteiger partial charge in [0.05, 0.1) is 17.3 Å². The zero-order valence-electron chi connectivity index (χ0n) is 20.6. The minimum absolute atomic E-state index is 0.366. The first-order chi connectivity index (χ1) is 14.3. The third-order valence-electron chi connectivity index (χ3n) is 8.80. The molecule has 3 nitrogen and oxygen atoms in total. The van der Waals surface area contributed by atoms with Gasteiger partial charge >= 0.3 is 0 Å². The summed E-state index contributed by atoms with van der Waals surface area (Å²) in [6, 6.07) is 0. The highest BCUT2D eigenvalue weighted by atomic mass is 16.3. The normalized spacial score (nSPS) is 40.4. The molecular weight excluding hydrogens is 384 g/mol. The average Bonchev–Trinajstić information content (AvgIpc) is 2.99. The Labute approximate surface area is 190 Å². The number of aliphatic hydroxyl groups excluding tert-OH is 1. The predicted molar refractivity (Wildman–Crippen MR) is 129 cm³/mol. The summed E-state index contributed by atoms with van der Waals surface area (Å²) in [6.07, 6.45) is 14.4. The summed E-state index contributed by atoms with van der Waals surface area (Å²) >= 11 is 0. The molecule has 3 aliphatic carbocycles. The predicted octanol–water partition coefficient (Wildman–Crippen LogP) is 6.09. The van der Waals surface area contributed by atoms with E-state index in [1.165, 1.54) is 32.1 Å². The minimum Gasteiger partial charge on any atom is -0.393 e. The number of hydrogen-bond acceptors (Lipinski definition) is 3. The van der Waals surface area contributed by atoms with E-state index >= 15 is 0 Å². The number of fused-ring (bicyclic) bond motifs is 1. The van der Waals surface area contributed by atoms with Crippen molar-refractivity contribution < 1.29 is 15.3 Å². The fourth-order valence-corrected chi connectivity index (χ4v) is 7.03. The Morgan fingerprint density at radius 1 is 1.23 bits per heavy atom. The van der Waals surface area contributed by atoms with Gasteiger partial charge in [-0.15, -0.1) is 0 Å². The summed E-state index contributed by atoms with van der Waals surface area (Å²) < 4.78 is 0. The van der Waals surface area contributed by atoms with Gasteiger partial charge in [0.15, 0.2) is 0 Å². The van der Waals surface area contributed by atoms with Gasteiger partial charge in [-0.05, 0) is 100 Å². The van der Waals surface area contributed by atoms with Crippen LogP contribution in [0.1, 0.15) is 98.8 Å².